The minimum absolute atomic E-state index is 0.0304. The first-order chi connectivity index (χ1) is 16.4. The first-order valence-corrected chi connectivity index (χ1v) is 13.2. The Bertz CT molecular complexity index is 1090. The van der Waals surface area contributed by atoms with Gasteiger partial charge in [0.05, 0.1) is 19.1 Å². The topological polar surface area (TPSA) is 96.0 Å². The molecule has 8 nitrogen and oxygen atoms in total. The number of hydrogen-bond acceptors (Lipinski definition) is 5. The van der Waals surface area contributed by atoms with E-state index >= 15 is 0 Å². The Morgan fingerprint density at radius 1 is 1.03 bits per heavy atom. The minimum atomic E-state index is -3.64. The number of carbonyl (C=O) groups excluding carboxylic acids is 2. The first kappa shape index (κ1) is 28.1. The van der Waals surface area contributed by atoms with Gasteiger partial charge in [-0.25, -0.2) is 12.8 Å². The van der Waals surface area contributed by atoms with Gasteiger partial charge in [-0.05, 0) is 69.2 Å². The van der Waals surface area contributed by atoms with Gasteiger partial charge in [0.2, 0.25) is 21.8 Å². The van der Waals surface area contributed by atoms with Gasteiger partial charge >= 0.3 is 0 Å². The molecular weight excluding hydrogens is 473 g/mol. The van der Waals surface area contributed by atoms with Gasteiger partial charge in [-0.2, -0.15) is 0 Å². The molecule has 2 rings (SSSR count). The van der Waals surface area contributed by atoms with Crippen LogP contribution >= 0.6 is 0 Å². The molecule has 0 aromatic heterocycles. The number of anilines is 1. The number of halogens is 1. The molecule has 0 aliphatic rings. The van der Waals surface area contributed by atoms with Crippen LogP contribution in [0.15, 0.2) is 48.5 Å². The number of rotatable bonds is 12. The fourth-order valence-electron chi connectivity index (χ4n) is 3.53. The maximum atomic E-state index is 13.3. The third-order valence-corrected chi connectivity index (χ3v) is 6.57. The summed E-state index contributed by atoms with van der Waals surface area (Å²) in [6.45, 7) is 5.60. The van der Waals surface area contributed by atoms with Crippen LogP contribution in [0.1, 0.15) is 39.2 Å². The van der Waals surface area contributed by atoms with E-state index in [1.54, 1.807) is 26.2 Å². The molecule has 0 aliphatic heterocycles. The predicted octanol–water partition coefficient (Wildman–Crippen LogP) is 3.32. The van der Waals surface area contributed by atoms with Crippen molar-refractivity contribution in [1.29, 1.82) is 0 Å². The van der Waals surface area contributed by atoms with Crippen LogP contribution in [0.4, 0.5) is 10.1 Å². The molecule has 0 aliphatic carbocycles. The number of carbonyl (C=O) groups is 2. The Morgan fingerprint density at radius 3 is 2.14 bits per heavy atom. The molecular formula is C25H34FN3O5S. The molecule has 0 saturated carbocycles. The molecule has 35 heavy (non-hydrogen) atoms. The van der Waals surface area contributed by atoms with Crippen molar-refractivity contribution in [1.82, 2.24) is 10.2 Å². The molecule has 0 radical (unpaired) electrons. The number of nitrogens with one attached hydrogen (secondary N) is 1. The number of ether oxygens (including phenoxy) is 1. The van der Waals surface area contributed by atoms with Gasteiger partial charge < -0.3 is 15.0 Å². The van der Waals surface area contributed by atoms with E-state index in [0.717, 1.165) is 16.1 Å². The lowest BCUT2D eigenvalue weighted by Gasteiger charge is -2.30. The molecule has 0 fully saturated rings. The third kappa shape index (κ3) is 8.54. The van der Waals surface area contributed by atoms with E-state index in [0.29, 0.717) is 11.4 Å². The number of hydrogen-bond donors (Lipinski definition) is 1. The molecule has 192 valence electrons. The van der Waals surface area contributed by atoms with E-state index in [4.69, 9.17) is 4.74 Å². The van der Waals surface area contributed by atoms with Crippen molar-refractivity contribution in [2.75, 3.05) is 24.2 Å². The molecule has 1 atom stereocenters. The fourth-order valence-corrected chi connectivity index (χ4v) is 4.49. The van der Waals surface area contributed by atoms with E-state index in [2.05, 4.69) is 5.32 Å². The van der Waals surface area contributed by atoms with Gasteiger partial charge in [0, 0.05) is 25.6 Å². The molecule has 2 amide bonds. The Kier molecular flexibility index (Phi) is 10.1. The van der Waals surface area contributed by atoms with Gasteiger partial charge in [-0.3, -0.25) is 13.9 Å². The van der Waals surface area contributed by atoms with Gasteiger partial charge in [0.25, 0.3) is 0 Å². The molecule has 2 aromatic rings. The summed E-state index contributed by atoms with van der Waals surface area (Å²) in [6.07, 6.45) is 1.32. The van der Waals surface area contributed by atoms with Crippen molar-refractivity contribution in [2.45, 2.75) is 52.2 Å². The molecule has 0 saturated heterocycles. The average molecular weight is 508 g/mol. The highest BCUT2D eigenvalue weighted by atomic mass is 32.2. The van der Waals surface area contributed by atoms with Crippen LogP contribution in [0.2, 0.25) is 0 Å². The normalized spacial score (nSPS) is 12.2. The summed E-state index contributed by atoms with van der Waals surface area (Å²) in [7, 11) is -2.07. The summed E-state index contributed by atoms with van der Waals surface area (Å²) in [5.41, 5.74) is 1.15. The summed E-state index contributed by atoms with van der Waals surface area (Å²) in [6, 6.07) is 11.5. The second-order valence-corrected chi connectivity index (χ2v) is 10.5. The second-order valence-electron chi connectivity index (χ2n) is 8.62. The molecule has 0 spiro atoms. The molecule has 10 heteroatoms. The molecule has 1 N–H and O–H groups in total. The van der Waals surface area contributed by atoms with Gasteiger partial charge in [0.1, 0.15) is 17.6 Å². The van der Waals surface area contributed by atoms with E-state index in [9.17, 15) is 22.4 Å². The van der Waals surface area contributed by atoms with Crippen LogP contribution in [0.3, 0.4) is 0 Å². The van der Waals surface area contributed by atoms with E-state index in [-0.39, 0.29) is 43.8 Å². The molecule has 0 heterocycles. The van der Waals surface area contributed by atoms with Crippen LogP contribution in [-0.4, -0.2) is 57.1 Å². The number of methoxy groups -OCH3 is 1. The number of nitrogens with zero attached hydrogens (tertiary/aromatic N) is 2. The number of amides is 2. The SMILES string of the molecule is COc1ccc(CN(C(=O)CCCN(c2ccc(F)cc2)S(C)(=O)=O)[C@@H](C)C(=O)NC(C)C)cc1. The van der Waals surface area contributed by atoms with E-state index in [1.807, 2.05) is 26.0 Å². The highest BCUT2D eigenvalue weighted by Crippen LogP contribution is 2.20. The molecule has 0 unspecified atom stereocenters. The highest BCUT2D eigenvalue weighted by molar-refractivity contribution is 7.92. The lowest BCUT2D eigenvalue weighted by Crippen LogP contribution is -2.49. The number of benzene rings is 2. The summed E-state index contributed by atoms with van der Waals surface area (Å²) in [4.78, 5) is 27.4. The third-order valence-electron chi connectivity index (χ3n) is 5.38. The van der Waals surface area contributed by atoms with Crippen molar-refractivity contribution in [3.63, 3.8) is 0 Å². The fraction of sp³-hybridized carbons (Fsp3) is 0.440. The Labute approximate surface area is 207 Å². The van der Waals surface area contributed by atoms with Gasteiger partial charge in [-0.1, -0.05) is 12.1 Å². The summed E-state index contributed by atoms with van der Waals surface area (Å²) >= 11 is 0. The number of sulfonamides is 1. The lowest BCUT2D eigenvalue weighted by molar-refractivity contribution is -0.140. The van der Waals surface area contributed by atoms with Gasteiger partial charge in [-0.15, -0.1) is 0 Å². The summed E-state index contributed by atoms with van der Waals surface area (Å²) in [5.74, 6) is -0.343. The monoisotopic (exact) mass is 507 g/mol. The maximum absolute atomic E-state index is 13.3. The van der Waals surface area contributed by atoms with Crippen LogP contribution in [-0.2, 0) is 26.2 Å². The summed E-state index contributed by atoms with van der Waals surface area (Å²) in [5, 5.41) is 2.83. The Morgan fingerprint density at radius 2 is 1.63 bits per heavy atom. The quantitative estimate of drug-likeness (QED) is 0.476. The van der Waals surface area contributed by atoms with Crippen molar-refractivity contribution in [3.05, 3.63) is 59.9 Å². The van der Waals surface area contributed by atoms with Crippen LogP contribution in [0, 0.1) is 5.82 Å². The van der Waals surface area contributed by atoms with E-state index in [1.165, 1.54) is 29.2 Å². The first-order valence-electron chi connectivity index (χ1n) is 11.4. The van der Waals surface area contributed by atoms with Gasteiger partial charge in [0.15, 0.2) is 0 Å². The highest BCUT2D eigenvalue weighted by Gasteiger charge is 2.27. The summed E-state index contributed by atoms with van der Waals surface area (Å²) < 4.78 is 44.2. The zero-order valence-electron chi connectivity index (χ0n) is 20.8. The van der Waals surface area contributed by atoms with Crippen LogP contribution in [0.5, 0.6) is 5.75 Å². The van der Waals surface area contributed by atoms with Crippen molar-refractivity contribution in [2.24, 2.45) is 0 Å². The van der Waals surface area contributed by atoms with Crippen LogP contribution < -0.4 is 14.4 Å². The van der Waals surface area contributed by atoms with Crippen molar-refractivity contribution < 1.29 is 27.1 Å². The Balaban J connectivity index is 2.16. The smallest absolute Gasteiger partial charge is 0.242 e. The molecule has 0 bridgehead atoms. The average Bonchev–Trinajstić information content (AvgIpc) is 2.79. The van der Waals surface area contributed by atoms with Crippen molar-refractivity contribution >= 4 is 27.5 Å². The van der Waals surface area contributed by atoms with Crippen molar-refractivity contribution in [3.8, 4) is 5.75 Å². The Hall–Kier alpha value is -3.14. The maximum Gasteiger partial charge on any atom is 0.242 e. The zero-order valence-corrected chi connectivity index (χ0v) is 21.6. The standard InChI is InChI=1S/C25H34FN3O5S/c1-18(2)27-25(31)19(3)28(17-20-8-14-23(34-4)15-9-20)24(30)7-6-16-29(35(5,32)33)22-12-10-21(26)11-13-22/h8-15,18-19H,6-7,16-17H2,1-5H3,(H,27,31)/t19-/m0/s1. The van der Waals surface area contributed by atoms with E-state index < -0.39 is 21.9 Å². The lowest BCUT2D eigenvalue weighted by atomic mass is 10.1. The largest absolute Gasteiger partial charge is 0.497 e. The zero-order chi connectivity index (χ0) is 26.2. The predicted molar refractivity (Wildman–Crippen MR) is 134 cm³/mol. The second kappa shape index (κ2) is 12.5. The molecule has 2 aromatic carbocycles. The minimum Gasteiger partial charge on any atom is -0.497 e. The van der Waals surface area contributed by atoms with Crippen LogP contribution in [0.25, 0.3) is 0 Å².